The largest absolute Gasteiger partial charge is 0.339 e. The first kappa shape index (κ1) is 21.8. The molecule has 0 saturated carbocycles. The highest BCUT2D eigenvalue weighted by molar-refractivity contribution is 7.89. The van der Waals surface area contributed by atoms with Crippen LogP contribution in [0.4, 0.5) is 0 Å². The Morgan fingerprint density at radius 3 is 2.03 bits per heavy atom. The van der Waals surface area contributed by atoms with E-state index in [0.29, 0.717) is 45.6 Å². The Hall–Kier alpha value is -1.93. The molecule has 0 aliphatic carbocycles. The second kappa shape index (κ2) is 8.07. The molecule has 0 bridgehead atoms. The van der Waals surface area contributed by atoms with Gasteiger partial charge in [0.15, 0.2) is 0 Å². The summed E-state index contributed by atoms with van der Waals surface area (Å²) in [6.07, 6.45) is 1.20. The van der Waals surface area contributed by atoms with Crippen LogP contribution in [-0.2, 0) is 19.6 Å². The third-order valence-electron chi connectivity index (χ3n) is 5.64. The average molecular weight is 422 g/mol. The summed E-state index contributed by atoms with van der Waals surface area (Å²) in [5.74, 6) is -0.0740. The summed E-state index contributed by atoms with van der Waals surface area (Å²) in [5, 5.41) is 0. The van der Waals surface area contributed by atoms with Crippen LogP contribution in [0, 0.1) is 12.3 Å². The number of hydrogen-bond donors (Lipinski definition) is 0. The van der Waals surface area contributed by atoms with Gasteiger partial charge in [0.1, 0.15) is 6.04 Å². The van der Waals surface area contributed by atoms with Crippen molar-refractivity contribution in [3.8, 4) is 0 Å². The Balaban J connectivity index is 1.69. The highest BCUT2D eigenvalue weighted by atomic mass is 32.2. The lowest BCUT2D eigenvalue weighted by molar-refractivity contribution is -0.146. The summed E-state index contributed by atoms with van der Waals surface area (Å²) < 4.78 is 27.5. The zero-order valence-corrected chi connectivity index (χ0v) is 18.5. The number of carbonyl (C=O) groups is 2. The zero-order valence-electron chi connectivity index (χ0n) is 17.7. The van der Waals surface area contributed by atoms with Gasteiger partial charge in [0.2, 0.25) is 21.8 Å². The SMILES string of the molecule is Cc1ccc(S(=O)(=O)N2CCC[C@H]2C(=O)N2CCN(C(=O)C(C)(C)C)CC2)cc1. The second-order valence-corrected chi connectivity index (χ2v) is 10.8. The summed E-state index contributed by atoms with van der Waals surface area (Å²) in [7, 11) is -3.71. The number of nitrogens with zero attached hydrogens (tertiary/aromatic N) is 3. The van der Waals surface area contributed by atoms with E-state index in [9.17, 15) is 18.0 Å². The lowest BCUT2D eigenvalue weighted by Crippen LogP contribution is -2.56. The van der Waals surface area contributed by atoms with Crippen molar-refractivity contribution < 1.29 is 18.0 Å². The molecule has 0 spiro atoms. The van der Waals surface area contributed by atoms with Crippen molar-refractivity contribution in [1.82, 2.24) is 14.1 Å². The molecule has 0 N–H and O–H groups in total. The molecule has 1 aromatic carbocycles. The smallest absolute Gasteiger partial charge is 0.243 e. The van der Waals surface area contributed by atoms with E-state index in [1.54, 1.807) is 34.1 Å². The number of hydrogen-bond acceptors (Lipinski definition) is 4. The van der Waals surface area contributed by atoms with Crippen LogP contribution in [0.5, 0.6) is 0 Å². The Morgan fingerprint density at radius 2 is 1.48 bits per heavy atom. The number of amides is 2. The standard InChI is InChI=1S/C21H31N3O4S/c1-16-7-9-17(10-8-16)29(27,28)24-11-5-6-18(24)19(25)22-12-14-23(15-13-22)20(26)21(2,3)4/h7-10,18H,5-6,11-15H2,1-4H3/t18-/m0/s1. The summed E-state index contributed by atoms with van der Waals surface area (Å²) in [6, 6.07) is 6.07. The Kier molecular flexibility index (Phi) is 6.06. The lowest BCUT2D eigenvalue weighted by atomic mass is 9.94. The van der Waals surface area contributed by atoms with Crippen LogP contribution in [0.15, 0.2) is 29.2 Å². The molecule has 29 heavy (non-hydrogen) atoms. The van der Waals surface area contributed by atoms with Gasteiger partial charge in [-0.05, 0) is 31.9 Å². The average Bonchev–Trinajstić information content (AvgIpc) is 3.17. The molecule has 2 saturated heterocycles. The molecular formula is C21H31N3O4S. The van der Waals surface area contributed by atoms with Crippen LogP contribution in [-0.4, -0.2) is 73.1 Å². The van der Waals surface area contributed by atoms with E-state index >= 15 is 0 Å². The van der Waals surface area contributed by atoms with Crippen molar-refractivity contribution in [3.63, 3.8) is 0 Å². The molecule has 2 amide bonds. The van der Waals surface area contributed by atoms with Crippen LogP contribution < -0.4 is 0 Å². The van der Waals surface area contributed by atoms with Crippen molar-refractivity contribution in [1.29, 1.82) is 0 Å². The van der Waals surface area contributed by atoms with Crippen LogP contribution in [0.3, 0.4) is 0 Å². The molecule has 1 atom stereocenters. The van der Waals surface area contributed by atoms with Gasteiger partial charge in [0, 0.05) is 38.1 Å². The van der Waals surface area contributed by atoms with Crippen LogP contribution in [0.2, 0.25) is 0 Å². The molecule has 2 heterocycles. The second-order valence-electron chi connectivity index (χ2n) is 8.95. The first-order valence-corrected chi connectivity index (χ1v) is 11.6. The topological polar surface area (TPSA) is 78.0 Å². The lowest BCUT2D eigenvalue weighted by Gasteiger charge is -2.39. The molecule has 160 valence electrons. The zero-order chi connectivity index (χ0) is 21.4. The number of rotatable bonds is 3. The Morgan fingerprint density at radius 1 is 0.931 bits per heavy atom. The van der Waals surface area contributed by atoms with Crippen LogP contribution >= 0.6 is 0 Å². The van der Waals surface area contributed by atoms with E-state index in [0.717, 1.165) is 5.56 Å². The summed E-state index contributed by atoms with van der Waals surface area (Å²) >= 11 is 0. The van der Waals surface area contributed by atoms with Gasteiger partial charge in [-0.1, -0.05) is 38.5 Å². The summed E-state index contributed by atoms with van der Waals surface area (Å²) in [5.41, 5.74) is 0.539. The van der Waals surface area contributed by atoms with E-state index in [1.165, 1.54) is 4.31 Å². The van der Waals surface area contributed by atoms with Crippen molar-refractivity contribution in [2.75, 3.05) is 32.7 Å². The number of piperazine rings is 1. The first-order valence-electron chi connectivity index (χ1n) is 10.2. The predicted molar refractivity (Wildman–Crippen MR) is 111 cm³/mol. The molecule has 8 heteroatoms. The van der Waals surface area contributed by atoms with Gasteiger partial charge in [-0.25, -0.2) is 8.42 Å². The van der Waals surface area contributed by atoms with E-state index in [-0.39, 0.29) is 16.7 Å². The minimum absolute atomic E-state index is 0.0778. The maximum Gasteiger partial charge on any atom is 0.243 e. The first-order chi connectivity index (χ1) is 13.5. The van der Waals surface area contributed by atoms with Gasteiger partial charge in [-0.15, -0.1) is 0 Å². The molecule has 2 aliphatic rings. The van der Waals surface area contributed by atoms with Gasteiger partial charge in [0.05, 0.1) is 4.90 Å². The highest BCUT2D eigenvalue weighted by Crippen LogP contribution is 2.28. The molecule has 7 nitrogen and oxygen atoms in total. The minimum Gasteiger partial charge on any atom is -0.339 e. The number of aryl methyl sites for hydroxylation is 1. The van der Waals surface area contributed by atoms with E-state index in [4.69, 9.17) is 0 Å². The van der Waals surface area contributed by atoms with Gasteiger partial charge < -0.3 is 9.80 Å². The van der Waals surface area contributed by atoms with Crippen LogP contribution in [0.1, 0.15) is 39.2 Å². The fourth-order valence-corrected chi connectivity index (χ4v) is 5.59. The molecule has 0 unspecified atom stereocenters. The molecule has 2 aliphatic heterocycles. The predicted octanol–water partition coefficient (Wildman–Crippen LogP) is 1.87. The molecule has 3 rings (SSSR count). The normalized spacial score (nSPS) is 21.4. The molecule has 0 radical (unpaired) electrons. The van der Waals surface area contributed by atoms with Crippen molar-refractivity contribution in [2.24, 2.45) is 5.41 Å². The summed E-state index contributed by atoms with van der Waals surface area (Å²) in [4.78, 5) is 29.3. The van der Waals surface area contributed by atoms with Gasteiger partial charge in [-0.2, -0.15) is 4.31 Å². The molecular weight excluding hydrogens is 390 g/mol. The third kappa shape index (κ3) is 4.48. The number of benzene rings is 1. The maximum atomic E-state index is 13.1. The minimum atomic E-state index is -3.71. The van der Waals surface area contributed by atoms with E-state index < -0.39 is 21.5 Å². The maximum absolute atomic E-state index is 13.1. The van der Waals surface area contributed by atoms with Gasteiger partial charge in [-0.3, -0.25) is 9.59 Å². The Labute approximate surface area is 173 Å². The van der Waals surface area contributed by atoms with Gasteiger partial charge >= 0.3 is 0 Å². The third-order valence-corrected chi connectivity index (χ3v) is 7.56. The molecule has 2 fully saturated rings. The number of sulfonamides is 1. The monoisotopic (exact) mass is 421 g/mol. The fourth-order valence-electron chi connectivity index (χ4n) is 3.94. The Bertz CT molecular complexity index is 866. The molecule has 1 aromatic rings. The summed E-state index contributed by atoms with van der Waals surface area (Å²) in [6.45, 7) is 9.78. The van der Waals surface area contributed by atoms with Crippen molar-refractivity contribution >= 4 is 21.8 Å². The van der Waals surface area contributed by atoms with Gasteiger partial charge in [0.25, 0.3) is 0 Å². The van der Waals surface area contributed by atoms with E-state index in [2.05, 4.69) is 0 Å². The van der Waals surface area contributed by atoms with Crippen molar-refractivity contribution in [3.05, 3.63) is 29.8 Å². The molecule has 0 aromatic heterocycles. The highest BCUT2D eigenvalue weighted by Gasteiger charge is 2.42. The van der Waals surface area contributed by atoms with Crippen molar-refractivity contribution in [2.45, 2.75) is 51.5 Å². The number of carbonyl (C=O) groups excluding carboxylic acids is 2. The fraction of sp³-hybridized carbons (Fsp3) is 0.619. The quantitative estimate of drug-likeness (QED) is 0.746. The van der Waals surface area contributed by atoms with E-state index in [1.807, 2.05) is 27.7 Å². The van der Waals surface area contributed by atoms with Crippen LogP contribution in [0.25, 0.3) is 0 Å².